The maximum atomic E-state index is 11.2. The summed E-state index contributed by atoms with van der Waals surface area (Å²) < 4.78 is 45.8. The number of carboxylic acids is 1. The van der Waals surface area contributed by atoms with Gasteiger partial charge in [0.15, 0.2) is 0 Å². The topological polar surface area (TPSA) is 120 Å². The van der Waals surface area contributed by atoms with Crippen LogP contribution in [0.3, 0.4) is 0 Å². The van der Waals surface area contributed by atoms with Crippen LogP contribution in [0.1, 0.15) is 12.8 Å². The quantitative estimate of drug-likeness (QED) is 0.446. The summed E-state index contributed by atoms with van der Waals surface area (Å²) in [5, 5.41) is 10.0. The van der Waals surface area contributed by atoms with Crippen LogP contribution in [0.4, 0.5) is 0 Å². The van der Waals surface area contributed by atoms with Gasteiger partial charge in [0.2, 0.25) is 10.0 Å². The maximum Gasteiger partial charge on any atom is 1.00 e. The molecule has 0 aliphatic heterocycles. The molecular formula is C7H14NNaO6S2. The van der Waals surface area contributed by atoms with E-state index in [-0.39, 0.29) is 54.0 Å². The Balaban J connectivity index is 0. The van der Waals surface area contributed by atoms with Gasteiger partial charge < -0.3 is 9.90 Å². The molecule has 96 valence electrons. The molecular weight excluding hydrogens is 281 g/mol. The molecule has 0 bridgehead atoms. The SMILES string of the molecule is CS(=O)(=O)CCCS(=O)(=O)NCCC(=O)[O-].[Na+]. The van der Waals surface area contributed by atoms with Crippen molar-refractivity contribution in [1.29, 1.82) is 0 Å². The molecule has 0 atom stereocenters. The summed E-state index contributed by atoms with van der Waals surface area (Å²) in [5.41, 5.74) is 0. The normalized spacial score (nSPS) is 11.8. The smallest absolute Gasteiger partial charge is 0.550 e. The van der Waals surface area contributed by atoms with Gasteiger partial charge in [-0.05, 0) is 6.42 Å². The molecule has 0 saturated heterocycles. The molecule has 0 saturated carbocycles. The summed E-state index contributed by atoms with van der Waals surface area (Å²) in [7, 11) is -6.78. The molecule has 0 heterocycles. The molecule has 0 amide bonds. The van der Waals surface area contributed by atoms with Crippen LogP contribution in [0, 0.1) is 0 Å². The molecule has 0 aliphatic carbocycles. The number of rotatable bonds is 8. The van der Waals surface area contributed by atoms with Crippen molar-refractivity contribution in [1.82, 2.24) is 4.72 Å². The second kappa shape index (κ2) is 8.44. The largest absolute Gasteiger partial charge is 1.00 e. The van der Waals surface area contributed by atoms with E-state index >= 15 is 0 Å². The molecule has 0 rings (SSSR count). The molecule has 0 aliphatic rings. The predicted octanol–water partition coefficient (Wildman–Crippen LogP) is -5.52. The number of sulfone groups is 1. The van der Waals surface area contributed by atoms with E-state index in [0.717, 1.165) is 6.26 Å². The summed E-state index contributed by atoms with van der Waals surface area (Å²) in [4.78, 5) is 10.0. The Bertz CT molecular complexity index is 429. The summed E-state index contributed by atoms with van der Waals surface area (Å²) >= 11 is 0. The first-order valence-corrected chi connectivity index (χ1v) is 8.18. The fraction of sp³-hybridized carbons (Fsp3) is 0.857. The molecule has 0 spiro atoms. The van der Waals surface area contributed by atoms with Gasteiger partial charge in [0.1, 0.15) is 9.84 Å². The number of nitrogens with one attached hydrogen (secondary N) is 1. The van der Waals surface area contributed by atoms with Crippen molar-refractivity contribution in [3.63, 3.8) is 0 Å². The van der Waals surface area contributed by atoms with E-state index in [2.05, 4.69) is 0 Å². The number of carbonyl (C=O) groups is 1. The van der Waals surface area contributed by atoms with Crippen molar-refractivity contribution in [2.75, 3.05) is 24.3 Å². The van der Waals surface area contributed by atoms with Gasteiger partial charge in [-0.1, -0.05) is 0 Å². The molecule has 0 aromatic heterocycles. The third kappa shape index (κ3) is 14.3. The van der Waals surface area contributed by atoms with E-state index in [9.17, 15) is 26.7 Å². The zero-order chi connectivity index (χ0) is 12.8. The molecule has 0 aromatic rings. The van der Waals surface area contributed by atoms with Crippen molar-refractivity contribution in [3.05, 3.63) is 0 Å². The zero-order valence-electron chi connectivity index (χ0n) is 9.80. The molecule has 0 unspecified atom stereocenters. The van der Waals surface area contributed by atoms with Gasteiger partial charge in [-0.2, -0.15) is 0 Å². The Morgan fingerprint density at radius 1 is 1.18 bits per heavy atom. The van der Waals surface area contributed by atoms with E-state index in [4.69, 9.17) is 0 Å². The van der Waals surface area contributed by atoms with E-state index in [1.54, 1.807) is 0 Å². The minimum absolute atomic E-state index is 0. The Morgan fingerprint density at radius 2 is 1.71 bits per heavy atom. The van der Waals surface area contributed by atoms with Gasteiger partial charge in [0, 0.05) is 25.2 Å². The minimum Gasteiger partial charge on any atom is -0.550 e. The molecule has 1 N–H and O–H groups in total. The summed E-state index contributed by atoms with van der Waals surface area (Å²) in [5.74, 6) is -1.90. The standard InChI is InChI=1S/C7H15NO6S2.Na/c1-15(11,12)5-2-6-16(13,14)8-4-3-7(9)10;/h8H,2-6H2,1H3,(H,9,10);/q;+1/p-1. The summed E-state index contributed by atoms with van der Waals surface area (Å²) in [6.07, 6.45) is 0.591. The van der Waals surface area contributed by atoms with Crippen LogP contribution in [0.5, 0.6) is 0 Å². The van der Waals surface area contributed by atoms with Crippen molar-refractivity contribution in [3.8, 4) is 0 Å². The average Bonchev–Trinajstić information content (AvgIpc) is 1.99. The number of aliphatic carboxylic acids is 1. The van der Waals surface area contributed by atoms with Crippen LogP contribution >= 0.6 is 0 Å². The van der Waals surface area contributed by atoms with Crippen molar-refractivity contribution in [2.45, 2.75) is 12.8 Å². The first kappa shape index (κ1) is 19.7. The molecule has 0 fully saturated rings. The van der Waals surface area contributed by atoms with Crippen molar-refractivity contribution >= 4 is 25.8 Å². The average molecular weight is 295 g/mol. The van der Waals surface area contributed by atoms with E-state index in [1.807, 2.05) is 4.72 Å². The van der Waals surface area contributed by atoms with Crippen LogP contribution in [0.15, 0.2) is 0 Å². The van der Waals surface area contributed by atoms with E-state index < -0.39 is 32.3 Å². The zero-order valence-corrected chi connectivity index (χ0v) is 13.4. The summed E-state index contributed by atoms with van der Waals surface area (Å²) in [6, 6.07) is 0. The predicted molar refractivity (Wildman–Crippen MR) is 55.7 cm³/mol. The van der Waals surface area contributed by atoms with Crippen molar-refractivity contribution < 1.29 is 56.3 Å². The molecule has 17 heavy (non-hydrogen) atoms. The van der Waals surface area contributed by atoms with Crippen LogP contribution < -0.4 is 39.4 Å². The fourth-order valence-electron chi connectivity index (χ4n) is 0.892. The second-order valence-electron chi connectivity index (χ2n) is 3.32. The van der Waals surface area contributed by atoms with Gasteiger partial charge in [0.25, 0.3) is 0 Å². The number of hydrogen-bond acceptors (Lipinski definition) is 6. The Labute approximate surface area is 123 Å². The van der Waals surface area contributed by atoms with Gasteiger partial charge in [0.05, 0.1) is 11.5 Å². The van der Waals surface area contributed by atoms with E-state index in [0.29, 0.717) is 0 Å². The number of sulfonamides is 1. The first-order valence-electron chi connectivity index (χ1n) is 4.47. The summed E-state index contributed by atoms with van der Waals surface area (Å²) in [6.45, 7) is -0.246. The number of hydrogen-bond donors (Lipinski definition) is 1. The van der Waals surface area contributed by atoms with Gasteiger partial charge in [-0.15, -0.1) is 0 Å². The van der Waals surface area contributed by atoms with Crippen LogP contribution in [0.25, 0.3) is 0 Å². The third-order valence-corrected chi connectivity index (χ3v) is 4.08. The Hall–Kier alpha value is 0.330. The van der Waals surface area contributed by atoms with Gasteiger partial charge in [-0.3, -0.25) is 0 Å². The molecule has 7 nitrogen and oxygen atoms in total. The molecule has 0 aromatic carbocycles. The maximum absolute atomic E-state index is 11.2. The van der Waals surface area contributed by atoms with Crippen LogP contribution in [-0.2, 0) is 24.7 Å². The minimum atomic E-state index is -3.61. The molecule has 10 heteroatoms. The van der Waals surface area contributed by atoms with E-state index in [1.165, 1.54) is 0 Å². The second-order valence-corrected chi connectivity index (χ2v) is 7.50. The van der Waals surface area contributed by atoms with Gasteiger partial charge in [-0.25, -0.2) is 21.6 Å². The van der Waals surface area contributed by atoms with Gasteiger partial charge >= 0.3 is 29.6 Å². The van der Waals surface area contributed by atoms with Crippen LogP contribution in [0.2, 0.25) is 0 Å². The Morgan fingerprint density at radius 3 is 2.12 bits per heavy atom. The number of carboxylic acid groups (broad SMARTS) is 1. The van der Waals surface area contributed by atoms with Crippen LogP contribution in [-0.4, -0.2) is 47.1 Å². The molecule has 0 radical (unpaired) electrons. The van der Waals surface area contributed by atoms with Crippen molar-refractivity contribution in [2.24, 2.45) is 0 Å². The monoisotopic (exact) mass is 295 g/mol. The third-order valence-electron chi connectivity index (χ3n) is 1.58. The fourth-order valence-corrected chi connectivity index (χ4v) is 2.83. The number of carbonyl (C=O) groups excluding carboxylic acids is 1. The first-order chi connectivity index (χ1) is 7.12. The Kier molecular flexibility index (Phi) is 9.76.